The van der Waals surface area contributed by atoms with Crippen LogP contribution >= 0.6 is 0 Å². The molecule has 0 bridgehead atoms. The molecule has 152 valence electrons. The van der Waals surface area contributed by atoms with E-state index < -0.39 is 9.84 Å². The van der Waals surface area contributed by atoms with Gasteiger partial charge in [-0.3, -0.25) is 0 Å². The second kappa shape index (κ2) is 8.38. The number of hydrogen-bond acceptors (Lipinski definition) is 7. The van der Waals surface area contributed by atoms with Gasteiger partial charge in [-0.25, -0.2) is 8.42 Å². The van der Waals surface area contributed by atoms with Crippen molar-refractivity contribution in [3.63, 3.8) is 0 Å². The molecule has 0 aliphatic heterocycles. The van der Waals surface area contributed by atoms with Gasteiger partial charge in [0.2, 0.25) is 15.7 Å². The van der Waals surface area contributed by atoms with Gasteiger partial charge in [0.15, 0.2) is 6.61 Å². The Kier molecular flexibility index (Phi) is 5.49. The molecule has 1 aromatic heterocycles. The van der Waals surface area contributed by atoms with Crippen molar-refractivity contribution in [3.05, 3.63) is 84.8 Å². The van der Waals surface area contributed by atoms with Crippen LogP contribution in [0.4, 0.5) is 0 Å². The van der Waals surface area contributed by atoms with Crippen molar-refractivity contribution < 1.29 is 22.4 Å². The quantitative estimate of drug-likeness (QED) is 0.442. The number of hydrogen-bond donors (Lipinski definition) is 0. The molecule has 0 atom stereocenters. The third-order valence-electron chi connectivity index (χ3n) is 4.35. The molecule has 4 rings (SSSR count). The molecule has 0 fully saturated rings. The fourth-order valence-electron chi connectivity index (χ4n) is 2.79. The first-order chi connectivity index (χ1) is 14.6. The van der Waals surface area contributed by atoms with E-state index in [1.807, 2.05) is 18.2 Å². The van der Waals surface area contributed by atoms with Crippen LogP contribution in [0.1, 0.15) is 5.89 Å². The van der Waals surface area contributed by atoms with E-state index in [1.54, 1.807) is 55.6 Å². The van der Waals surface area contributed by atoms with Gasteiger partial charge in [0, 0.05) is 5.56 Å². The summed E-state index contributed by atoms with van der Waals surface area (Å²) in [5.41, 5.74) is 0.764. The highest BCUT2D eigenvalue weighted by atomic mass is 32.2. The molecule has 3 aromatic carbocycles. The monoisotopic (exact) mass is 422 g/mol. The minimum atomic E-state index is -3.56. The SMILES string of the molecule is COc1cccc(-c2noc(COc3ccc(S(=O)(=O)c4ccccc4)cc3)n2)c1. The first-order valence-corrected chi connectivity index (χ1v) is 10.5. The van der Waals surface area contributed by atoms with Gasteiger partial charge in [-0.15, -0.1) is 0 Å². The molecule has 0 radical (unpaired) electrons. The summed E-state index contributed by atoms with van der Waals surface area (Å²) in [6, 6.07) is 21.8. The maximum atomic E-state index is 12.6. The summed E-state index contributed by atoms with van der Waals surface area (Å²) in [6.45, 7) is 0.0573. The van der Waals surface area contributed by atoms with Crippen molar-refractivity contribution in [2.24, 2.45) is 0 Å². The van der Waals surface area contributed by atoms with E-state index in [-0.39, 0.29) is 16.4 Å². The zero-order valence-electron chi connectivity index (χ0n) is 16.1. The topological polar surface area (TPSA) is 91.5 Å². The molecule has 0 saturated heterocycles. The second-order valence-corrected chi connectivity index (χ2v) is 8.27. The first-order valence-electron chi connectivity index (χ1n) is 9.06. The van der Waals surface area contributed by atoms with Crippen molar-refractivity contribution in [3.8, 4) is 22.9 Å². The number of ether oxygens (including phenoxy) is 2. The number of aromatic nitrogens is 2. The molecule has 0 amide bonds. The van der Waals surface area contributed by atoms with E-state index in [0.717, 1.165) is 5.56 Å². The minimum Gasteiger partial charge on any atom is -0.497 e. The summed E-state index contributed by atoms with van der Waals surface area (Å²) >= 11 is 0. The van der Waals surface area contributed by atoms with E-state index >= 15 is 0 Å². The zero-order chi connectivity index (χ0) is 21.0. The van der Waals surface area contributed by atoms with Crippen molar-refractivity contribution in [1.82, 2.24) is 10.1 Å². The molecular weight excluding hydrogens is 404 g/mol. The summed E-state index contributed by atoms with van der Waals surface area (Å²) in [4.78, 5) is 4.75. The maximum absolute atomic E-state index is 12.6. The molecule has 4 aromatic rings. The summed E-state index contributed by atoms with van der Waals surface area (Å²) in [5, 5.41) is 3.95. The number of methoxy groups -OCH3 is 1. The van der Waals surface area contributed by atoms with Gasteiger partial charge in [-0.05, 0) is 48.5 Å². The lowest BCUT2D eigenvalue weighted by Gasteiger charge is -2.06. The lowest BCUT2D eigenvalue weighted by Crippen LogP contribution is -2.02. The van der Waals surface area contributed by atoms with Crippen LogP contribution in [0.25, 0.3) is 11.4 Å². The van der Waals surface area contributed by atoms with E-state index in [0.29, 0.717) is 23.2 Å². The number of rotatable bonds is 7. The Bertz CT molecular complexity index is 1240. The Morgan fingerprint density at radius 3 is 2.33 bits per heavy atom. The third-order valence-corrected chi connectivity index (χ3v) is 6.13. The molecule has 0 spiro atoms. The van der Waals surface area contributed by atoms with Gasteiger partial charge in [0.1, 0.15) is 11.5 Å². The minimum absolute atomic E-state index is 0.0573. The largest absolute Gasteiger partial charge is 0.497 e. The Morgan fingerprint density at radius 2 is 1.60 bits per heavy atom. The standard InChI is InChI=1S/C22H18N2O5S/c1-27-18-7-5-6-16(14-18)22-23-21(29-24-22)15-28-17-10-12-20(13-11-17)30(25,26)19-8-3-2-4-9-19/h2-14H,15H2,1H3. The molecular formula is C22H18N2O5S. The maximum Gasteiger partial charge on any atom is 0.264 e. The molecule has 0 aliphatic carbocycles. The molecule has 1 heterocycles. The Morgan fingerprint density at radius 1 is 0.867 bits per heavy atom. The predicted octanol–water partition coefficient (Wildman–Crippen LogP) is 4.16. The number of nitrogens with zero attached hydrogens (tertiary/aromatic N) is 2. The van der Waals surface area contributed by atoms with Crippen molar-refractivity contribution in [2.45, 2.75) is 16.4 Å². The van der Waals surface area contributed by atoms with E-state index in [1.165, 1.54) is 12.1 Å². The highest BCUT2D eigenvalue weighted by molar-refractivity contribution is 7.91. The average Bonchev–Trinajstić information content (AvgIpc) is 3.28. The molecule has 0 unspecified atom stereocenters. The van der Waals surface area contributed by atoms with E-state index in [9.17, 15) is 8.42 Å². The van der Waals surface area contributed by atoms with Crippen molar-refractivity contribution >= 4 is 9.84 Å². The summed E-state index contributed by atoms with van der Waals surface area (Å²) in [7, 11) is -1.97. The van der Waals surface area contributed by atoms with Crippen LogP contribution in [0.3, 0.4) is 0 Å². The van der Waals surface area contributed by atoms with Gasteiger partial charge < -0.3 is 14.0 Å². The Hall–Kier alpha value is -3.65. The lowest BCUT2D eigenvalue weighted by molar-refractivity contribution is 0.243. The first kappa shape index (κ1) is 19.7. The number of benzene rings is 3. The Balaban J connectivity index is 1.43. The van der Waals surface area contributed by atoms with Gasteiger partial charge in [-0.2, -0.15) is 4.98 Å². The average molecular weight is 422 g/mol. The van der Waals surface area contributed by atoms with Crippen molar-refractivity contribution in [2.75, 3.05) is 7.11 Å². The number of sulfone groups is 1. The Labute approximate surface area is 173 Å². The lowest BCUT2D eigenvalue weighted by atomic mass is 10.2. The van der Waals surface area contributed by atoms with Gasteiger partial charge in [-0.1, -0.05) is 35.5 Å². The van der Waals surface area contributed by atoms with E-state index in [4.69, 9.17) is 14.0 Å². The van der Waals surface area contributed by atoms with Crippen LogP contribution in [-0.4, -0.2) is 25.7 Å². The zero-order valence-corrected chi connectivity index (χ0v) is 16.9. The summed E-state index contributed by atoms with van der Waals surface area (Å²) in [5.74, 6) is 1.91. The highest BCUT2D eigenvalue weighted by Crippen LogP contribution is 2.24. The van der Waals surface area contributed by atoms with Crippen LogP contribution in [0.5, 0.6) is 11.5 Å². The molecule has 0 saturated carbocycles. The van der Waals surface area contributed by atoms with E-state index in [2.05, 4.69) is 10.1 Å². The highest BCUT2D eigenvalue weighted by Gasteiger charge is 2.17. The summed E-state index contributed by atoms with van der Waals surface area (Å²) in [6.07, 6.45) is 0. The van der Waals surface area contributed by atoms with Crippen LogP contribution in [-0.2, 0) is 16.4 Å². The van der Waals surface area contributed by atoms with Crippen LogP contribution in [0, 0.1) is 0 Å². The van der Waals surface area contributed by atoms with Crippen LogP contribution in [0.2, 0.25) is 0 Å². The van der Waals surface area contributed by atoms with Crippen molar-refractivity contribution in [1.29, 1.82) is 0 Å². The van der Waals surface area contributed by atoms with Gasteiger partial charge in [0.05, 0.1) is 16.9 Å². The molecule has 8 heteroatoms. The smallest absolute Gasteiger partial charge is 0.264 e. The second-order valence-electron chi connectivity index (χ2n) is 6.32. The van der Waals surface area contributed by atoms with Crippen LogP contribution < -0.4 is 9.47 Å². The normalized spacial score (nSPS) is 11.2. The molecule has 0 N–H and O–H groups in total. The van der Waals surface area contributed by atoms with Crippen LogP contribution in [0.15, 0.2) is 93.2 Å². The van der Waals surface area contributed by atoms with Gasteiger partial charge >= 0.3 is 0 Å². The fraction of sp³-hybridized carbons (Fsp3) is 0.0909. The summed E-state index contributed by atoms with van der Waals surface area (Å²) < 4.78 is 41.3. The molecule has 30 heavy (non-hydrogen) atoms. The molecule has 0 aliphatic rings. The fourth-order valence-corrected chi connectivity index (χ4v) is 4.07. The van der Waals surface area contributed by atoms with Gasteiger partial charge in [0.25, 0.3) is 5.89 Å². The predicted molar refractivity (Wildman–Crippen MR) is 109 cm³/mol. The molecule has 7 nitrogen and oxygen atoms in total. The third kappa shape index (κ3) is 4.18.